The first-order chi connectivity index (χ1) is 14.2. The highest BCUT2D eigenvalue weighted by Crippen LogP contribution is 2.12. The third-order valence-corrected chi connectivity index (χ3v) is 5.44. The van der Waals surface area contributed by atoms with Crippen molar-refractivity contribution in [1.29, 1.82) is 0 Å². The van der Waals surface area contributed by atoms with Gasteiger partial charge in [-0.3, -0.25) is 4.79 Å². The van der Waals surface area contributed by atoms with E-state index in [9.17, 15) is 4.79 Å². The standard InChI is InChI=1S/C26H51NO2/c1-4-5-6-7-8-9-10-11-12-13-14-15-16-17-18-19-20-21-22-23-26(28)29-25-24-27(2)3/h11-12H,4-10,13-25H2,1-3H3/b12-11-. The molecule has 3 heteroatoms. The normalized spacial score (nSPS) is 11.6. The van der Waals surface area contributed by atoms with E-state index >= 15 is 0 Å². The van der Waals surface area contributed by atoms with Crippen molar-refractivity contribution >= 4 is 5.97 Å². The zero-order valence-electron chi connectivity index (χ0n) is 20.1. The molecule has 0 bridgehead atoms. The molecule has 0 heterocycles. The van der Waals surface area contributed by atoms with Gasteiger partial charge in [-0.1, -0.05) is 96.1 Å². The number of nitrogens with zero attached hydrogens (tertiary/aromatic N) is 1. The van der Waals surface area contributed by atoms with E-state index in [0.29, 0.717) is 13.0 Å². The van der Waals surface area contributed by atoms with Gasteiger partial charge in [0.1, 0.15) is 6.61 Å². The van der Waals surface area contributed by atoms with Crippen molar-refractivity contribution in [3.05, 3.63) is 12.2 Å². The van der Waals surface area contributed by atoms with Gasteiger partial charge in [0, 0.05) is 13.0 Å². The number of unbranched alkanes of at least 4 members (excludes halogenated alkanes) is 15. The van der Waals surface area contributed by atoms with Gasteiger partial charge in [0.25, 0.3) is 0 Å². The van der Waals surface area contributed by atoms with Crippen LogP contribution in [0.25, 0.3) is 0 Å². The number of carbonyl (C=O) groups excluding carboxylic acids is 1. The minimum absolute atomic E-state index is 0.0344. The molecule has 29 heavy (non-hydrogen) atoms. The van der Waals surface area contributed by atoms with Gasteiger partial charge in [0.15, 0.2) is 0 Å². The molecule has 0 aliphatic carbocycles. The Bertz CT molecular complexity index is 366. The molecule has 0 aromatic carbocycles. The highest BCUT2D eigenvalue weighted by atomic mass is 16.5. The number of esters is 1. The lowest BCUT2D eigenvalue weighted by molar-refractivity contribution is -0.144. The highest BCUT2D eigenvalue weighted by Gasteiger charge is 2.02. The molecule has 0 spiro atoms. The molecular formula is C26H51NO2. The van der Waals surface area contributed by atoms with Crippen molar-refractivity contribution in [2.75, 3.05) is 27.2 Å². The Morgan fingerprint density at radius 2 is 1.14 bits per heavy atom. The topological polar surface area (TPSA) is 29.5 Å². The van der Waals surface area contributed by atoms with Crippen molar-refractivity contribution in [3.8, 4) is 0 Å². The molecule has 0 aromatic heterocycles. The van der Waals surface area contributed by atoms with Crippen LogP contribution in [0.1, 0.15) is 122 Å². The number of carbonyl (C=O) groups is 1. The molecule has 172 valence electrons. The van der Waals surface area contributed by atoms with Gasteiger partial charge in [-0.05, 0) is 46.2 Å². The summed E-state index contributed by atoms with van der Waals surface area (Å²) in [6, 6.07) is 0. The SMILES string of the molecule is CCCCCCCC/C=C\CCCCCCCCCCCC(=O)OCCN(C)C. The first-order valence-electron chi connectivity index (χ1n) is 12.6. The Balaban J connectivity index is 3.16. The summed E-state index contributed by atoms with van der Waals surface area (Å²) in [6.07, 6.45) is 27.8. The highest BCUT2D eigenvalue weighted by molar-refractivity contribution is 5.69. The van der Waals surface area contributed by atoms with Gasteiger partial charge in [-0.2, -0.15) is 0 Å². The number of hydrogen-bond donors (Lipinski definition) is 0. The van der Waals surface area contributed by atoms with E-state index < -0.39 is 0 Å². The van der Waals surface area contributed by atoms with Crippen LogP contribution in [0, 0.1) is 0 Å². The van der Waals surface area contributed by atoms with E-state index in [1.54, 1.807) is 0 Å². The molecule has 0 unspecified atom stereocenters. The molecular weight excluding hydrogens is 358 g/mol. The van der Waals surface area contributed by atoms with E-state index in [1.165, 1.54) is 96.3 Å². The van der Waals surface area contributed by atoms with Gasteiger partial charge >= 0.3 is 5.97 Å². The molecule has 0 saturated carbocycles. The van der Waals surface area contributed by atoms with Crippen molar-refractivity contribution in [3.63, 3.8) is 0 Å². The van der Waals surface area contributed by atoms with E-state index in [-0.39, 0.29) is 5.97 Å². The monoisotopic (exact) mass is 409 g/mol. The molecule has 0 radical (unpaired) electrons. The number of likely N-dealkylation sites (N-methyl/N-ethyl adjacent to an activating group) is 1. The Kier molecular flexibility index (Phi) is 22.8. The minimum atomic E-state index is -0.0344. The van der Waals surface area contributed by atoms with Crippen molar-refractivity contribution in [2.45, 2.75) is 122 Å². The Hall–Kier alpha value is -0.830. The van der Waals surface area contributed by atoms with Gasteiger partial charge in [-0.25, -0.2) is 0 Å². The van der Waals surface area contributed by atoms with Crippen LogP contribution in [0.5, 0.6) is 0 Å². The molecule has 0 atom stereocenters. The maximum atomic E-state index is 11.6. The largest absolute Gasteiger partial charge is 0.464 e. The molecule has 3 nitrogen and oxygen atoms in total. The molecule has 0 aliphatic rings. The van der Waals surface area contributed by atoms with Crippen molar-refractivity contribution < 1.29 is 9.53 Å². The minimum Gasteiger partial charge on any atom is -0.464 e. The fraction of sp³-hybridized carbons (Fsp3) is 0.885. The van der Waals surface area contributed by atoms with Crippen LogP contribution in [0.4, 0.5) is 0 Å². The second-order valence-corrected chi connectivity index (χ2v) is 8.77. The van der Waals surface area contributed by atoms with Crippen LogP contribution in [0.15, 0.2) is 12.2 Å². The predicted octanol–water partition coefficient (Wildman–Crippen LogP) is 7.69. The average molecular weight is 410 g/mol. The summed E-state index contributed by atoms with van der Waals surface area (Å²) in [5.41, 5.74) is 0. The molecule has 0 rings (SSSR count). The third kappa shape index (κ3) is 25.1. The van der Waals surface area contributed by atoms with Crippen LogP contribution >= 0.6 is 0 Å². The molecule has 0 aromatic rings. The molecule has 0 N–H and O–H groups in total. The fourth-order valence-corrected chi connectivity index (χ4v) is 3.46. The van der Waals surface area contributed by atoms with Crippen LogP contribution < -0.4 is 0 Å². The maximum Gasteiger partial charge on any atom is 0.305 e. The van der Waals surface area contributed by atoms with Crippen LogP contribution in [-0.2, 0) is 9.53 Å². The summed E-state index contributed by atoms with van der Waals surface area (Å²) in [5.74, 6) is -0.0344. The van der Waals surface area contributed by atoms with Crippen molar-refractivity contribution in [2.24, 2.45) is 0 Å². The lowest BCUT2D eigenvalue weighted by Crippen LogP contribution is -2.20. The summed E-state index contributed by atoms with van der Waals surface area (Å²) < 4.78 is 5.20. The van der Waals surface area contributed by atoms with Gasteiger partial charge < -0.3 is 9.64 Å². The van der Waals surface area contributed by atoms with E-state index in [1.807, 2.05) is 19.0 Å². The second-order valence-electron chi connectivity index (χ2n) is 8.77. The number of rotatable bonds is 22. The second kappa shape index (κ2) is 23.4. The van der Waals surface area contributed by atoms with Crippen LogP contribution in [0.2, 0.25) is 0 Å². The Morgan fingerprint density at radius 3 is 1.62 bits per heavy atom. The molecule has 0 saturated heterocycles. The van der Waals surface area contributed by atoms with E-state index in [4.69, 9.17) is 4.74 Å². The summed E-state index contributed by atoms with van der Waals surface area (Å²) in [6.45, 7) is 3.60. The summed E-state index contributed by atoms with van der Waals surface area (Å²) in [7, 11) is 3.98. The van der Waals surface area contributed by atoms with Gasteiger partial charge in [-0.15, -0.1) is 0 Å². The lowest BCUT2D eigenvalue weighted by Gasteiger charge is -2.09. The lowest BCUT2D eigenvalue weighted by atomic mass is 10.1. The van der Waals surface area contributed by atoms with Gasteiger partial charge in [0.05, 0.1) is 0 Å². The van der Waals surface area contributed by atoms with Crippen LogP contribution in [0.3, 0.4) is 0 Å². The quantitative estimate of drug-likeness (QED) is 0.104. The zero-order chi connectivity index (χ0) is 21.4. The Morgan fingerprint density at radius 1 is 0.690 bits per heavy atom. The average Bonchev–Trinajstić information content (AvgIpc) is 2.69. The molecule has 0 amide bonds. The first kappa shape index (κ1) is 28.2. The fourth-order valence-electron chi connectivity index (χ4n) is 3.46. The van der Waals surface area contributed by atoms with Crippen molar-refractivity contribution in [1.82, 2.24) is 4.90 Å². The molecule has 0 fully saturated rings. The summed E-state index contributed by atoms with van der Waals surface area (Å²) in [5, 5.41) is 0. The smallest absolute Gasteiger partial charge is 0.305 e. The number of hydrogen-bond acceptors (Lipinski definition) is 3. The van der Waals surface area contributed by atoms with Gasteiger partial charge in [0.2, 0.25) is 0 Å². The predicted molar refractivity (Wildman–Crippen MR) is 127 cm³/mol. The zero-order valence-corrected chi connectivity index (χ0v) is 20.1. The summed E-state index contributed by atoms with van der Waals surface area (Å²) in [4.78, 5) is 13.6. The number of ether oxygens (including phenoxy) is 1. The van der Waals surface area contributed by atoms with Crippen LogP contribution in [-0.4, -0.2) is 38.1 Å². The van der Waals surface area contributed by atoms with E-state index in [2.05, 4.69) is 19.1 Å². The third-order valence-electron chi connectivity index (χ3n) is 5.44. The maximum absolute atomic E-state index is 11.6. The Labute approximate surface area is 182 Å². The first-order valence-corrected chi connectivity index (χ1v) is 12.6. The number of allylic oxidation sites excluding steroid dienone is 2. The van der Waals surface area contributed by atoms with E-state index in [0.717, 1.165) is 19.4 Å². The molecule has 0 aliphatic heterocycles. The summed E-state index contributed by atoms with van der Waals surface area (Å²) >= 11 is 0.